The van der Waals surface area contributed by atoms with Crippen molar-refractivity contribution in [2.24, 2.45) is 7.05 Å². The molecule has 158 valence electrons. The Kier molecular flexibility index (Phi) is 6.36. The molecule has 2 aromatic rings. The lowest BCUT2D eigenvalue weighted by atomic mass is 10.1. The van der Waals surface area contributed by atoms with Gasteiger partial charge in [0.1, 0.15) is 5.65 Å². The summed E-state index contributed by atoms with van der Waals surface area (Å²) in [6.07, 6.45) is 2.98. The van der Waals surface area contributed by atoms with Gasteiger partial charge in [0.2, 0.25) is 0 Å². The maximum atomic E-state index is 13.2. The van der Waals surface area contributed by atoms with Gasteiger partial charge in [0.15, 0.2) is 0 Å². The van der Waals surface area contributed by atoms with Crippen LogP contribution in [0.1, 0.15) is 49.9 Å². The van der Waals surface area contributed by atoms with E-state index in [9.17, 15) is 19.2 Å². The van der Waals surface area contributed by atoms with E-state index in [1.54, 1.807) is 0 Å². The van der Waals surface area contributed by atoms with E-state index in [1.807, 2.05) is 13.8 Å². The average Bonchev–Trinajstić information content (AvgIpc) is 3.22. The van der Waals surface area contributed by atoms with Crippen molar-refractivity contribution in [1.29, 1.82) is 0 Å². The van der Waals surface area contributed by atoms with E-state index in [0.717, 1.165) is 17.4 Å². The van der Waals surface area contributed by atoms with Crippen molar-refractivity contribution in [3.63, 3.8) is 0 Å². The zero-order chi connectivity index (χ0) is 21.1. The van der Waals surface area contributed by atoms with Crippen LogP contribution in [0, 0.1) is 0 Å². The molecule has 1 aliphatic rings. The molecule has 1 atom stereocenters. The first kappa shape index (κ1) is 21.0. The number of pyridine rings is 1. The third-order valence-electron chi connectivity index (χ3n) is 5.23. The number of nitrogens with zero attached hydrogens (tertiary/aromatic N) is 3. The highest BCUT2D eigenvalue weighted by molar-refractivity contribution is 6.05. The summed E-state index contributed by atoms with van der Waals surface area (Å²) in [5, 5.41) is 2.87. The number of carbonyl (C=O) groups excluding carboxylic acids is 1. The van der Waals surface area contributed by atoms with Crippen LogP contribution in [0.2, 0.25) is 0 Å². The Hall–Kier alpha value is -2.68. The molecule has 0 spiro atoms. The molecule has 1 amide bonds. The molecule has 1 fully saturated rings. The van der Waals surface area contributed by atoms with Crippen molar-refractivity contribution < 1.29 is 9.53 Å². The molecular formula is C20H28N4O5. The lowest BCUT2D eigenvalue weighted by molar-refractivity contribution is 0.0859. The number of hydrogen-bond donors (Lipinski definition) is 1. The standard InChI is InChI=1S/C20H28N4O5/c1-4-8-23-15(25)11-14(17(26)21-12-13-7-6-10-29-13)16-18(23)22(3)20(28)24(9-5-2)19(16)27/h11,13H,4-10,12H2,1-3H3,(H,21,26). The summed E-state index contributed by atoms with van der Waals surface area (Å²) in [6.45, 7) is 5.33. The second-order valence-electron chi connectivity index (χ2n) is 7.39. The molecule has 0 radical (unpaired) electrons. The van der Waals surface area contributed by atoms with Gasteiger partial charge in [0.25, 0.3) is 17.0 Å². The van der Waals surface area contributed by atoms with Crippen LogP contribution in [0.5, 0.6) is 0 Å². The molecule has 9 nitrogen and oxygen atoms in total. The predicted molar refractivity (Wildman–Crippen MR) is 110 cm³/mol. The van der Waals surface area contributed by atoms with Gasteiger partial charge < -0.3 is 10.1 Å². The highest BCUT2D eigenvalue weighted by atomic mass is 16.5. The summed E-state index contributed by atoms with van der Waals surface area (Å²) in [5.74, 6) is -0.509. The monoisotopic (exact) mass is 404 g/mol. The molecule has 0 saturated carbocycles. The zero-order valence-corrected chi connectivity index (χ0v) is 17.2. The van der Waals surface area contributed by atoms with E-state index in [-0.39, 0.29) is 29.2 Å². The van der Waals surface area contributed by atoms with E-state index < -0.39 is 22.7 Å². The number of hydrogen-bond acceptors (Lipinski definition) is 5. The molecule has 29 heavy (non-hydrogen) atoms. The highest BCUT2D eigenvalue weighted by Gasteiger charge is 2.23. The SMILES string of the molecule is CCCn1c(=O)c2c(C(=O)NCC3CCCO3)cc(=O)n(CCC)c2n(C)c1=O. The van der Waals surface area contributed by atoms with Gasteiger partial charge in [-0.1, -0.05) is 13.8 Å². The second kappa shape index (κ2) is 8.77. The maximum Gasteiger partial charge on any atom is 0.332 e. The van der Waals surface area contributed by atoms with E-state index in [4.69, 9.17) is 4.74 Å². The fourth-order valence-electron chi connectivity index (χ4n) is 3.83. The van der Waals surface area contributed by atoms with Crippen LogP contribution >= 0.6 is 0 Å². The van der Waals surface area contributed by atoms with Gasteiger partial charge in [-0.3, -0.25) is 28.1 Å². The fraction of sp³-hybridized carbons (Fsp3) is 0.600. The van der Waals surface area contributed by atoms with Gasteiger partial charge in [-0.05, 0) is 25.7 Å². The van der Waals surface area contributed by atoms with Gasteiger partial charge in [0, 0.05) is 39.4 Å². The largest absolute Gasteiger partial charge is 0.376 e. The van der Waals surface area contributed by atoms with Crippen LogP contribution in [-0.4, -0.2) is 38.9 Å². The Morgan fingerprint density at radius 1 is 1.17 bits per heavy atom. The van der Waals surface area contributed by atoms with Crippen molar-refractivity contribution in [1.82, 2.24) is 19.0 Å². The molecule has 1 aliphatic heterocycles. The summed E-state index contributed by atoms with van der Waals surface area (Å²) in [5.41, 5.74) is -1.27. The number of nitrogens with one attached hydrogen (secondary N) is 1. The van der Waals surface area contributed by atoms with Crippen molar-refractivity contribution >= 4 is 16.9 Å². The Labute approximate surface area is 167 Å². The fourth-order valence-corrected chi connectivity index (χ4v) is 3.83. The molecule has 0 aliphatic carbocycles. The van der Waals surface area contributed by atoms with Gasteiger partial charge in [-0.2, -0.15) is 0 Å². The number of fused-ring (bicyclic) bond motifs is 1. The normalized spacial score (nSPS) is 16.4. The Morgan fingerprint density at radius 3 is 2.48 bits per heavy atom. The quantitative estimate of drug-likeness (QED) is 0.727. The molecule has 0 bridgehead atoms. The molecule has 1 unspecified atom stereocenters. The van der Waals surface area contributed by atoms with Gasteiger partial charge >= 0.3 is 5.69 Å². The van der Waals surface area contributed by atoms with Crippen LogP contribution in [0.25, 0.3) is 11.0 Å². The molecule has 1 N–H and O–H groups in total. The van der Waals surface area contributed by atoms with Crippen molar-refractivity contribution in [2.45, 2.75) is 58.7 Å². The van der Waals surface area contributed by atoms with Crippen molar-refractivity contribution in [3.8, 4) is 0 Å². The first-order valence-corrected chi connectivity index (χ1v) is 10.2. The minimum absolute atomic E-state index is 0.000744. The van der Waals surface area contributed by atoms with Crippen LogP contribution in [0.15, 0.2) is 20.4 Å². The molecule has 0 aromatic carbocycles. The Balaban J connectivity index is 2.22. The first-order chi connectivity index (χ1) is 13.9. The van der Waals surface area contributed by atoms with Gasteiger partial charge in [-0.15, -0.1) is 0 Å². The Bertz CT molecular complexity index is 1090. The summed E-state index contributed by atoms with van der Waals surface area (Å²) < 4.78 is 9.33. The molecule has 3 rings (SSSR count). The zero-order valence-electron chi connectivity index (χ0n) is 17.2. The Morgan fingerprint density at radius 2 is 1.86 bits per heavy atom. The first-order valence-electron chi connectivity index (χ1n) is 10.2. The van der Waals surface area contributed by atoms with Crippen LogP contribution < -0.4 is 22.1 Å². The van der Waals surface area contributed by atoms with Crippen LogP contribution in [-0.2, 0) is 24.9 Å². The second-order valence-corrected chi connectivity index (χ2v) is 7.39. The van der Waals surface area contributed by atoms with E-state index in [1.165, 1.54) is 22.2 Å². The predicted octanol–water partition coefficient (Wildman–Crippen LogP) is 0.591. The number of amides is 1. The van der Waals surface area contributed by atoms with E-state index in [0.29, 0.717) is 32.5 Å². The highest BCUT2D eigenvalue weighted by Crippen LogP contribution is 2.14. The van der Waals surface area contributed by atoms with Crippen molar-refractivity contribution in [2.75, 3.05) is 13.2 Å². The molecule has 3 heterocycles. The minimum Gasteiger partial charge on any atom is -0.376 e. The maximum absolute atomic E-state index is 13.2. The smallest absolute Gasteiger partial charge is 0.332 e. The molecule has 1 saturated heterocycles. The summed E-state index contributed by atoms with van der Waals surface area (Å²) in [7, 11) is 1.52. The molecule has 2 aromatic heterocycles. The number of carbonyl (C=O) groups is 1. The lowest BCUT2D eigenvalue weighted by Gasteiger charge is -2.17. The third kappa shape index (κ3) is 3.91. The molecule has 9 heteroatoms. The van der Waals surface area contributed by atoms with Crippen LogP contribution in [0.3, 0.4) is 0 Å². The number of aryl methyl sites for hydroxylation is 2. The third-order valence-corrected chi connectivity index (χ3v) is 5.23. The number of aromatic nitrogens is 3. The van der Waals surface area contributed by atoms with Gasteiger partial charge in [0.05, 0.1) is 17.1 Å². The number of rotatable bonds is 7. The summed E-state index contributed by atoms with van der Waals surface area (Å²) in [4.78, 5) is 51.5. The minimum atomic E-state index is -0.544. The molecular weight excluding hydrogens is 376 g/mol. The van der Waals surface area contributed by atoms with E-state index >= 15 is 0 Å². The summed E-state index contributed by atoms with van der Waals surface area (Å²) >= 11 is 0. The topological polar surface area (TPSA) is 104 Å². The average molecular weight is 404 g/mol. The van der Waals surface area contributed by atoms with Crippen molar-refractivity contribution in [3.05, 3.63) is 42.8 Å². The lowest BCUT2D eigenvalue weighted by Crippen LogP contribution is -2.43. The van der Waals surface area contributed by atoms with E-state index in [2.05, 4.69) is 5.32 Å². The number of ether oxygens (including phenoxy) is 1. The van der Waals surface area contributed by atoms with Gasteiger partial charge in [-0.25, -0.2) is 4.79 Å². The summed E-state index contributed by atoms with van der Waals surface area (Å²) in [6, 6.07) is 1.20. The van der Waals surface area contributed by atoms with Crippen LogP contribution in [0.4, 0.5) is 0 Å².